The van der Waals surface area contributed by atoms with Crippen LogP contribution in [0.15, 0.2) is 42.5 Å². The lowest BCUT2D eigenvalue weighted by Crippen LogP contribution is -2.16. The van der Waals surface area contributed by atoms with Gasteiger partial charge < -0.3 is 5.32 Å². The first-order chi connectivity index (χ1) is 11.1. The van der Waals surface area contributed by atoms with E-state index in [1.807, 2.05) is 24.3 Å². The molecule has 0 radical (unpaired) electrons. The van der Waals surface area contributed by atoms with Crippen LogP contribution >= 0.6 is 23.2 Å². The van der Waals surface area contributed by atoms with Gasteiger partial charge in [0.25, 0.3) is 0 Å². The minimum atomic E-state index is 0.118. The zero-order valence-electron chi connectivity index (χ0n) is 13.4. The van der Waals surface area contributed by atoms with E-state index < -0.39 is 0 Å². The Labute approximate surface area is 147 Å². The second kappa shape index (κ2) is 8.37. The van der Waals surface area contributed by atoms with Crippen molar-refractivity contribution in [1.29, 1.82) is 0 Å². The number of benzene rings is 2. The number of rotatable bonds is 7. The number of carbonyl (C=O) groups excluding carboxylic acids is 1. The number of para-hydroxylation sites is 2. The van der Waals surface area contributed by atoms with E-state index in [-0.39, 0.29) is 11.7 Å². The van der Waals surface area contributed by atoms with E-state index in [9.17, 15) is 4.79 Å². The highest BCUT2D eigenvalue weighted by Crippen LogP contribution is 2.33. The molecule has 2 nitrogen and oxygen atoms in total. The van der Waals surface area contributed by atoms with Crippen LogP contribution in [0.1, 0.15) is 32.3 Å². The summed E-state index contributed by atoms with van der Waals surface area (Å²) in [7, 11) is 0. The lowest BCUT2D eigenvalue weighted by Gasteiger charge is -2.16. The van der Waals surface area contributed by atoms with Crippen LogP contribution in [-0.2, 0) is 11.2 Å². The lowest BCUT2D eigenvalue weighted by atomic mass is 9.93. The maximum Gasteiger partial charge on any atom is 0.140 e. The van der Waals surface area contributed by atoms with Crippen molar-refractivity contribution in [3.63, 3.8) is 0 Å². The number of hydrogen-bond donors (Lipinski definition) is 1. The fourth-order valence-corrected chi connectivity index (χ4v) is 3.12. The maximum atomic E-state index is 12.4. The fraction of sp³-hybridized carbons (Fsp3) is 0.316. The van der Waals surface area contributed by atoms with E-state index in [0.717, 1.165) is 24.1 Å². The number of nitrogens with one attached hydrogen (secondary N) is 1. The van der Waals surface area contributed by atoms with Gasteiger partial charge in [0.15, 0.2) is 0 Å². The minimum absolute atomic E-state index is 0.118. The number of halogens is 2. The van der Waals surface area contributed by atoms with Crippen LogP contribution in [0.4, 0.5) is 11.4 Å². The monoisotopic (exact) mass is 349 g/mol. The summed E-state index contributed by atoms with van der Waals surface area (Å²) in [6.07, 6.45) is 2.17. The topological polar surface area (TPSA) is 29.1 Å². The second-order valence-electron chi connectivity index (χ2n) is 5.54. The van der Waals surface area contributed by atoms with Gasteiger partial charge in [0, 0.05) is 18.0 Å². The van der Waals surface area contributed by atoms with E-state index in [0.29, 0.717) is 22.2 Å². The van der Waals surface area contributed by atoms with Gasteiger partial charge in [-0.15, -0.1) is 0 Å². The molecule has 0 saturated carbocycles. The standard InChI is InChI=1S/C19H21Cl2NO/c1-3-13(4-2)18(23)12-14-8-5-6-11-17(14)22-19-15(20)9-7-10-16(19)21/h5-11,13,22H,3-4,12H2,1-2H3. The summed E-state index contributed by atoms with van der Waals surface area (Å²) < 4.78 is 0. The Morgan fingerprint density at radius 2 is 1.61 bits per heavy atom. The van der Waals surface area contributed by atoms with Crippen LogP contribution in [0.2, 0.25) is 10.0 Å². The molecule has 2 rings (SSSR count). The third kappa shape index (κ3) is 4.49. The molecular formula is C19H21Cl2NO. The van der Waals surface area contributed by atoms with Crippen molar-refractivity contribution in [2.45, 2.75) is 33.1 Å². The van der Waals surface area contributed by atoms with Gasteiger partial charge in [-0.3, -0.25) is 4.79 Å². The van der Waals surface area contributed by atoms with Crippen LogP contribution in [0.3, 0.4) is 0 Å². The molecule has 0 amide bonds. The molecule has 0 bridgehead atoms. The van der Waals surface area contributed by atoms with Gasteiger partial charge in [0.1, 0.15) is 5.78 Å². The fourth-order valence-electron chi connectivity index (χ4n) is 2.62. The Kier molecular flexibility index (Phi) is 6.49. The molecule has 0 unspecified atom stereocenters. The molecule has 1 N–H and O–H groups in total. The summed E-state index contributed by atoms with van der Waals surface area (Å²) in [6.45, 7) is 4.11. The van der Waals surface area contributed by atoms with Gasteiger partial charge in [0.05, 0.1) is 15.7 Å². The van der Waals surface area contributed by atoms with Gasteiger partial charge in [0.2, 0.25) is 0 Å². The molecule has 23 heavy (non-hydrogen) atoms. The van der Waals surface area contributed by atoms with Crippen molar-refractivity contribution in [3.8, 4) is 0 Å². The van der Waals surface area contributed by atoms with Crippen molar-refractivity contribution in [1.82, 2.24) is 0 Å². The summed E-state index contributed by atoms with van der Waals surface area (Å²) in [6, 6.07) is 13.1. The molecule has 122 valence electrons. The predicted molar refractivity (Wildman–Crippen MR) is 99.0 cm³/mol. The van der Waals surface area contributed by atoms with Crippen molar-refractivity contribution < 1.29 is 4.79 Å². The summed E-state index contributed by atoms with van der Waals surface area (Å²) in [4.78, 5) is 12.4. The molecule has 0 heterocycles. The van der Waals surface area contributed by atoms with Crippen molar-refractivity contribution in [2.24, 2.45) is 5.92 Å². The predicted octanol–water partition coefficient (Wildman–Crippen LogP) is 6.28. The highest BCUT2D eigenvalue weighted by Gasteiger charge is 2.17. The minimum Gasteiger partial charge on any atom is -0.353 e. The summed E-state index contributed by atoms with van der Waals surface area (Å²) >= 11 is 12.4. The van der Waals surface area contributed by atoms with Crippen molar-refractivity contribution in [3.05, 3.63) is 58.1 Å². The molecule has 0 fully saturated rings. The maximum absolute atomic E-state index is 12.4. The average Bonchev–Trinajstić information content (AvgIpc) is 2.54. The van der Waals surface area contributed by atoms with Crippen LogP contribution in [0.5, 0.6) is 0 Å². The van der Waals surface area contributed by atoms with Crippen molar-refractivity contribution >= 4 is 40.4 Å². The quantitative estimate of drug-likeness (QED) is 0.636. The van der Waals surface area contributed by atoms with Gasteiger partial charge in [-0.05, 0) is 36.6 Å². The first-order valence-corrected chi connectivity index (χ1v) is 8.64. The van der Waals surface area contributed by atoms with E-state index in [2.05, 4.69) is 19.2 Å². The molecule has 4 heteroatoms. The molecular weight excluding hydrogens is 329 g/mol. The third-order valence-electron chi connectivity index (χ3n) is 4.05. The van der Waals surface area contributed by atoms with Crippen LogP contribution < -0.4 is 5.32 Å². The summed E-state index contributed by atoms with van der Waals surface area (Å²) in [5.74, 6) is 0.390. The smallest absolute Gasteiger partial charge is 0.140 e. The molecule has 0 aliphatic heterocycles. The zero-order valence-corrected chi connectivity index (χ0v) is 14.9. The molecule has 0 aliphatic rings. The third-order valence-corrected chi connectivity index (χ3v) is 4.68. The molecule has 0 aliphatic carbocycles. The highest BCUT2D eigenvalue weighted by molar-refractivity contribution is 6.39. The van der Waals surface area contributed by atoms with Gasteiger partial charge in [-0.25, -0.2) is 0 Å². The van der Waals surface area contributed by atoms with Crippen LogP contribution in [0.25, 0.3) is 0 Å². The largest absolute Gasteiger partial charge is 0.353 e. The first kappa shape index (κ1) is 17.8. The van der Waals surface area contributed by atoms with E-state index in [1.54, 1.807) is 18.2 Å². The molecule has 0 atom stereocenters. The average molecular weight is 350 g/mol. The molecule has 0 spiro atoms. The Morgan fingerprint density at radius 3 is 2.22 bits per heavy atom. The summed E-state index contributed by atoms with van der Waals surface area (Å²) in [5, 5.41) is 4.38. The SMILES string of the molecule is CCC(CC)C(=O)Cc1ccccc1Nc1c(Cl)cccc1Cl. The Bertz CT molecular complexity index is 661. The van der Waals surface area contributed by atoms with Gasteiger partial charge in [-0.2, -0.15) is 0 Å². The number of ketones is 1. The molecule has 0 aromatic heterocycles. The van der Waals surface area contributed by atoms with E-state index in [1.165, 1.54) is 0 Å². The number of anilines is 2. The van der Waals surface area contributed by atoms with Gasteiger partial charge >= 0.3 is 0 Å². The van der Waals surface area contributed by atoms with Crippen molar-refractivity contribution in [2.75, 3.05) is 5.32 Å². The van der Waals surface area contributed by atoms with E-state index >= 15 is 0 Å². The second-order valence-corrected chi connectivity index (χ2v) is 6.35. The van der Waals surface area contributed by atoms with Gasteiger partial charge in [-0.1, -0.05) is 61.3 Å². The molecule has 0 saturated heterocycles. The zero-order chi connectivity index (χ0) is 16.8. The van der Waals surface area contributed by atoms with Crippen LogP contribution in [0, 0.1) is 5.92 Å². The lowest BCUT2D eigenvalue weighted by molar-refractivity contribution is -0.122. The number of hydrogen-bond acceptors (Lipinski definition) is 2. The molecule has 2 aromatic carbocycles. The number of carbonyl (C=O) groups is 1. The Hall–Kier alpha value is -1.51. The Balaban J connectivity index is 2.26. The number of Topliss-reactive ketones (excluding diaryl/α,β-unsaturated/α-hetero) is 1. The van der Waals surface area contributed by atoms with Crippen LogP contribution in [-0.4, -0.2) is 5.78 Å². The first-order valence-electron chi connectivity index (χ1n) is 7.88. The normalized spacial score (nSPS) is 10.8. The molecule has 2 aromatic rings. The highest BCUT2D eigenvalue weighted by atomic mass is 35.5. The summed E-state index contributed by atoms with van der Waals surface area (Å²) in [5.41, 5.74) is 2.49. The van der Waals surface area contributed by atoms with E-state index in [4.69, 9.17) is 23.2 Å². The Morgan fingerprint density at radius 1 is 1.00 bits per heavy atom.